The van der Waals surface area contributed by atoms with Crippen molar-refractivity contribution in [3.8, 4) is 0 Å². The molecule has 0 aliphatic heterocycles. The minimum absolute atomic E-state index is 0.0885. The van der Waals surface area contributed by atoms with Crippen LogP contribution in [0.25, 0.3) is 0 Å². The van der Waals surface area contributed by atoms with Crippen LogP contribution in [-0.2, 0) is 6.42 Å². The number of halogens is 1. The minimum atomic E-state index is -0.0885. The second-order valence-corrected chi connectivity index (χ2v) is 4.29. The van der Waals surface area contributed by atoms with Crippen LogP contribution >= 0.6 is 0 Å². The fourth-order valence-corrected chi connectivity index (χ4v) is 1.80. The van der Waals surface area contributed by atoms with E-state index in [-0.39, 0.29) is 11.4 Å². The Morgan fingerprint density at radius 1 is 1.43 bits per heavy atom. The molecule has 0 unspecified atom stereocenters. The molecule has 0 aromatic heterocycles. The lowest BCUT2D eigenvalue weighted by Crippen LogP contribution is -2.29. The predicted molar refractivity (Wildman–Crippen MR) is 55.9 cm³/mol. The quantitative estimate of drug-likeness (QED) is 0.777. The number of likely N-dealkylation sites (N-methyl/N-ethyl adjacent to an activating group) is 1. The van der Waals surface area contributed by atoms with Gasteiger partial charge in [-0.15, -0.1) is 0 Å². The van der Waals surface area contributed by atoms with Gasteiger partial charge >= 0.3 is 0 Å². The summed E-state index contributed by atoms with van der Waals surface area (Å²) in [5.41, 5.74) is 2.09. The standard InChI is InChI=1S/C12H16FN/c1-9-3-4-10(7-11(9)13)8-12(14-2)5-6-12/h3-4,7,14H,5-6,8H2,1-2H3. The maximum Gasteiger partial charge on any atom is 0.126 e. The molecule has 0 atom stereocenters. The summed E-state index contributed by atoms with van der Waals surface area (Å²) in [4.78, 5) is 0. The molecule has 76 valence electrons. The Bertz CT molecular complexity index is 342. The molecule has 1 aromatic carbocycles. The third kappa shape index (κ3) is 1.80. The van der Waals surface area contributed by atoms with Crippen molar-refractivity contribution in [2.24, 2.45) is 0 Å². The Morgan fingerprint density at radius 3 is 2.64 bits per heavy atom. The van der Waals surface area contributed by atoms with Crippen LogP contribution in [0, 0.1) is 12.7 Å². The first-order valence-electron chi connectivity index (χ1n) is 5.09. The molecule has 0 heterocycles. The Kier molecular flexibility index (Phi) is 2.31. The molecular weight excluding hydrogens is 177 g/mol. The summed E-state index contributed by atoms with van der Waals surface area (Å²) in [6, 6.07) is 5.54. The normalized spacial score (nSPS) is 18.2. The van der Waals surface area contributed by atoms with Crippen LogP contribution < -0.4 is 5.32 Å². The molecule has 14 heavy (non-hydrogen) atoms. The molecule has 1 aliphatic carbocycles. The lowest BCUT2D eigenvalue weighted by atomic mass is 10.0. The Balaban J connectivity index is 2.14. The van der Waals surface area contributed by atoms with Gasteiger partial charge in [0.15, 0.2) is 0 Å². The number of benzene rings is 1. The molecule has 1 saturated carbocycles. The number of hydrogen-bond donors (Lipinski definition) is 1. The average molecular weight is 193 g/mol. The zero-order chi connectivity index (χ0) is 10.2. The van der Waals surface area contributed by atoms with Crippen molar-refractivity contribution >= 4 is 0 Å². The summed E-state index contributed by atoms with van der Waals surface area (Å²) >= 11 is 0. The second kappa shape index (κ2) is 3.35. The highest BCUT2D eigenvalue weighted by molar-refractivity contribution is 5.26. The monoisotopic (exact) mass is 193 g/mol. The number of hydrogen-bond acceptors (Lipinski definition) is 1. The van der Waals surface area contributed by atoms with Crippen molar-refractivity contribution in [2.45, 2.75) is 31.7 Å². The molecular formula is C12H16FN. The SMILES string of the molecule is CNC1(Cc2ccc(C)c(F)c2)CC1. The first kappa shape index (κ1) is 9.66. The van der Waals surface area contributed by atoms with E-state index >= 15 is 0 Å². The average Bonchev–Trinajstić information content (AvgIpc) is 2.93. The van der Waals surface area contributed by atoms with E-state index in [1.165, 1.54) is 12.8 Å². The van der Waals surface area contributed by atoms with Crippen molar-refractivity contribution in [2.75, 3.05) is 7.05 Å². The van der Waals surface area contributed by atoms with Crippen LogP contribution in [0.3, 0.4) is 0 Å². The van der Waals surface area contributed by atoms with Crippen molar-refractivity contribution in [1.82, 2.24) is 5.32 Å². The molecule has 1 N–H and O–H groups in total. The Hall–Kier alpha value is -0.890. The molecule has 1 aliphatic rings. The Labute approximate surface area is 84.3 Å². The fraction of sp³-hybridized carbons (Fsp3) is 0.500. The number of rotatable bonds is 3. The van der Waals surface area contributed by atoms with Crippen LogP contribution in [0.1, 0.15) is 24.0 Å². The third-order valence-corrected chi connectivity index (χ3v) is 3.16. The van der Waals surface area contributed by atoms with E-state index < -0.39 is 0 Å². The van der Waals surface area contributed by atoms with Gasteiger partial charge in [0, 0.05) is 5.54 Å². The summed E-state index contributed by atoms with van der Waals surface area (Å²) in [6.45, 7) is 1.80. The molecule has 1 aromatic rings. The topological polar surface area (TPSA) is 12.0 Å². The largest absolute Gasteiger partial charge is 0.314 e. The van der Waals surface area contributed by atoms with Crippen LogP contribution in [0.4, 0.5) is 4.39 Å². The molecule has 0 radical (unpaired) electrons. The third-order valence-electron chi connectivity index (χ3n) is 3.16. The highest BCUT2D eigenvalue weighted by atomic mass is 19.1. The van der Waals surface area contributed by atoms with E-state index in [4.69, 9.17) is 0 Å². The maximum atomic E-state index is 13.3. The number of aryl methyl sites for hydroxylation is 1. The van der Waals surface area contributed by atoms with E-state index in [0.717, 1.165) is 17.5 Å². The van der Waals surface area contributed by atoms with Gasteiger partial charge in [0.1, 0.15) is 5.82 Å². The van der Waals surface area contributed by atoms with Crippen molar-refractivity contribution < 1.29 is 4.39 Å². The smallest absolute Gasteiger partial charge is 0.126 e. The van der Waals surface area contributed by atoms with Gasteiger partial charge in [-0.25, -0.2) is 4.39 Å². The van der Waals surface area contributed by atoms with E-state index in [2.05, 4.69) is 5.32 Å². The van der Waals surface area contributed by atoms with Gasteiger partial charge in [0.05, 0.1) is 0 Å². The minimum Gasteiger partial charge on any atom is -0.314 e. The van der Waals surface area contributed by atoms with Crippen LogP contribution in [0.15, 0.2) is 18.2 Å². The summed E-state index contributed by atoms with van der Waals surface area (Å²) < 4.78 is 13.3. The first-order chi connectivity index (χ1) is 6.65. The highest BCUT2D eigenvalue weighted by Crippen LogP contribution is 2.38. The van der Waals surface area contributed by atoms with Crippen LogP contribution in [-0.4, -0.2) is 12.6 Å². The van der Waals surface area contributed by atoms with Crippen LogP contribution in [0.2, 0.25) is 0 Å². The van der Waals surface area contributed by atoms with Crippen molar-refractivity contribution in [3.63, 3.8) is 0 Å². The van der Waals surface area contributed by atoms with Gasteiger partial charge in [0.25, 0.3) is 0 Å². The van der Waals surface area contributed by atoms with Crippen molar-refractivity contribution in [1.29, 1.82) is 0 Å². The molecule has 0 bridgehead atoms. The van der Waals surface area contributed by atoms with Gasteiger partial charge in [-0.3, -0.25) is 0 Å². The van der Waals surface area contributed by atoms with E-state index in [1.807, 2.05) is 19.2 Å². The highest BCUT2D eigenvalue weighted by Gasteiger charge is 2.40. The van der Waals surface area contributed by atoms with Gasteiger partial charge in [-0.2, -0.15) is 0 Å². The summed E-state index contributed by atoms with van der Waals surface area (Å²) in [5.74, 6) is -0.0885. The lowest BCUT2D eigenvalue weighted by Gasteiger charge is -2.14. The predicted octanol–water partition coefficient (Wildman–Crippen LogP) is 2.43. The second-order valence-electron chi connectivity index (χ2n) is 4.29. The molecule has 0 amide bonds. The van der Waals surface area contributed by atoms with Gasteiger partial charge in [0.2, 0.25) is 0 Å². The molecule has 0 spiro atoms. The first-order valence-corrected chi connectivity index (χ1v) is 5.09. The molecule has 1 fully saturated rings. The maximum absolute atomic E-state index is 13.3. The zero-order valence-corrected chi connectivity index (χ0v) is 8.73. The summed E-state index contributed by atoms with van der Waals surface area (Å²) in [5, 5.41) is 3.31. The van der Waals surface area contributed by atoms with E-state index in [1.54, 1.807) is 13.0 Å². The van der Waals surface area contributed by atoms with Gasteiger partial charge in [-0.05, 0) is 50.4 Å². The van der Waals surface area contributed by atoms with Crippen LogP contribution in [0.5, 0.6) is 0 Å². The number of nitrogens with one attached hydrogen (secondary N) is 1. The molecule has 2 heteroatoms. The zero-order valence-electron chi connectivity index (χ0n) is 8.73. The van der Waals surface area contributed by atoms with E-state index in [9.17, 15) is 4.39 Å². The molecule has 1 nitrogen and oxygen atoms in total. The van der Waals surface area contributed by atoms with Gasteiger partial charge in [-0.1, -0.05) is 12.1 Å². The fourth-order valence-electron chi connectivity index (χ4n) is 1.80. The van der Waals surface area contributed by atoms with Crippen molar-refractivity contribution in [3.05, 3.63) is 35.1 Å². The summed E-state index contributed by atoms with van der Waals surface area (Å²) in [7, 11) is 1.98. The molecule has 0 saturated heterocycles. The van der Waals surface area contributed by atoms with E-state index in [0.29, 0.717) is 0 Å². The lowest BCUT2D eigenvalue weighted by molar-refractivity contribution is 0.544. The summed E-state index contributed by atoms with van der Waals surface area (Å²) in [6.07, 6.45) is 3.36. The van der Waals surface area contributed by atoms with Gasteiger partial charge < -0.3 is 5.32 Å². The Morgan fingerprint density at radius 2 is 2.14 bits per heavy atom. The molecule has 2 rings (SSSR count).